The molecule has 2 N–H and O–H groups in total. The number of nitriles is 1. The van der Waals surface area contributed by atoms with Gasteiger partial charge in [0.15, 0.2) is 0 Å². The summed E-state index contributed by atoms with van der Waals surface area (Å²) < 4.78 is 0. The van der Waals surface area contributed by atoms with Gasteiger partial charge in [0.25, 0.3) is 5.91 Å². The maximum absolute atomic E-state index is 12.5. The van der Waals surface area contributed by atoms with E-state index in [4.69, 9.17) is 5.26 Å². The van der Waals surface area contributed by atoms with Crippen molar-refractivity contribution in [3.05, 3.63) is 59.7 Å². The molecule has 1 aliphatic rings. The van der Waals surface area contributed by atoms with Crippen molar-refractivity contribution in [2.45, 2.75) is 26.2 Å². The first-order valence-corrected chi connectivity index (χ1v) is 10.0. The number of rotatable bonds is 7. The van der Waals surface area contributed by atoms with Gasteiger partial charge in [-0.25, -0.2) is 0 Å². The summed E-state index contributed by atoms with van der Waals surface area (Å²) in [6.45, 7) is 3.22. The second-order valence-corrected chi connectivity index (χ2v) is 7.30. The van der Waals surface area contributed by atoms with Crippen molar-refractivity contribution in [3.8, 4) is 6.07 Å². The van der Waals surface area contributed by atoms with Crippen LogP contribution in [0.5, 0.6) is 0 Å². The molecule has 2 aromatic carbocycles. The molecule has 1 atom stereocenters. The predicted octanol–water partition coefficient (Wildman–Crippen LogP) is 3.40. The quantitative estimate of drug-likeness (QED) is 0.738. The van der Waals surface area contributed by atoms with Crippen molar-refractivity contribution in [3.63, 3.8) is 0 Å². The molecule has 0 unspecified atom stereocenters. The molecule has 0 aromatic heterocycles. The minimum absolute atomic E-state index is 0.0263. The number of unbranched alkanes of at least 4 members (excludes halogenated alkanes) is 1. The number of benzene rings is 2. The predicted molar refractivity (Wildman–Crippen MR) is 114 cm³/mol. The fourth-order valence-corrected chi connectivity index (χ4v) is 3.29. The number of hydrogen-bond donors (Lipinski definition) is 2. The fraction of sp³-hybridized carbons (Fsp3) is 0.304. The van der Waals surface area contributed by atoms with Crippen LogP contribution in [0, 0.1) is 17.2 Å². The Bertz CT molecular complexity index is 961. The highest BCUT2D eigenvalue weighted by Gasteiger charge is 2.33. The maximum atomic E-state index is 12.5. The summed E-state index contributed by atoms with van der Waals surface area (Å²) in [5.41, 5.74) is 2.13. The average Bonchev–Trinajstić information content (AvgIpc) is 3.14. The van der Waals surface area contributed by atoms with Crippen LogP contribution in [-0.2, 0) is 9.59 Å². The lowest BCUT2D eigenvalue weighted by Crippen LogP contribution is -2.29. The van der Waals surface area contributed by atoms with Gasteiger partial charge in [0.2, 0.25) is 11.8 Å². The monoisotopic (exact) mass is 404 g/mol. The average molecular weight is 404 g/mol. The molecule has 7 heteroatoms. The van der Waals surface area contributed by atoms with Crippen molar-refractivity contribution in [1.29, 1.82) is 5.26 Å². The lowest BCUT2D eigenvalue weighted by atomic mass is 10.1. The highest BCUT2D eigenvalue weighted by Crippen LogP contribution is 2.21. The standard InChI is InChI=1S/C23H24N4O3/c1-2-3-12-27-15-18(13-21(27)28)23(30)26-20-10-6-17(7-11-20)22(29)25-19-8-4-16(14-24)5-9-19/h4-11,18H,2-3,12-13,15H2,1H3,(H,25,29)(H,26,30)/t18-/m1/s1. The van der Waals surface area contributed by atoms with E-state index in [9.17, 15) is 14.4 Å². The molecular formula is C23H24N4O3. The Hall–Kier alpha value is -3.66. The van der Waals surface area contributed by atoms with Crippen LogP contribution in [0.4, 0.5) is 11.4 Å². The number of anilines is 2. The van der Waals surface area contributed by atoms with Gasteiger partial charge in [-0.05, 0) is 55.0 Å². The summed E-state index contributed by atoms with van der Waals surface area (Å²) in [5, 5.41) is 14.4. The molecule has 2 aromatic rings. The van der Waals surface area contributed by atoms with Gasteiger partial charge >= 0.3 is 0 Å². The summed E-state index contributed by atoms with van der Waals surface area (Å²) in [6, 6.07) is 15.2. The molecule has 1 saturated heterocycles. The van der Waals surface area contributed by atoms with Crippen molar-refractivity contribution in [1.82, 2.24) is 4.90 Å². The Balaban J connectivity index is 1.55. The van der Waals surface area contributed by atoms with Crippen molar-refractivity contribution < 1.29 is 14.4 Å². The molecule has 154 valence electrons. The molecular weight excluding hydrogens is 380 g/mol. The van der Waals surface area contributed by atoms with E-state index in [1.54, 1.807) is 53.4 Å². The van der Waals surface area contributed by atoms with Crippen LogP contribution in [0.25, 0.3) is 0 Å². The van der Waals surface area contributed by atoms with Gasteiger partial charge < -0.3 is 15.5 Å². The van der Waals surface area contributed by atoms with Gasteiger partial charge in [-0.3, -0.25) is 14.4 Å². The minimum Gasteiger partial charge on any atom is -0.342 e. The molecule has 0 aliphatic carbocycles. The zero-order chi connectivity index (χ0) is 21.5. The fourth-order valence-electron chi connectivity index (χ4n) is 3.29. The Morgan fingerprint density at radius 1 is 1.07 bits per heavy atom. The van der Waals surface area contributed by atoms with Crippen molar-refractivity contribution >= 4 is 29.1 Å². The van der Waals surface area contributed by atoms with Crippen LogP contribution in [-0.4, -0.2) is 35.7 Å². The van der Waals surface area contributed by atoms with Gasteiger partial charge in [0.05, 0.1) is 17.6 Å². The van der Waals surface area contributed by atoms with Gasteiger partial charge in [-0.1, -0.05) is 13.3 Å². The molecule has 3 rings (SSSR count). The first-order valence-electron chi connectivity index (χ1n) is 10.0. The second kappa shape index (κ2) is 9.70. The zero-order valence-electron chi connectivity index (χ0n) is 16.9. The Morgan fingerprint density at radius 2 is 1.70 bits per heavy atom. The largest absolute Gasteiger partial charge is 0.342 e. The van der Waals surface area contributed by atoms with Crippen LogP contribution in [0.2, 0.25) is 0 Å². The molecule has 0 spiro atoms. The first-order chi connectivity index (χ1) is 14.5. The van der Waals surface area contributed by atoms with Gasteiger partial charge in [-0.15, -0.1) is 0 Å². The maximum Gasteiger partial charge on any atom is 0.255 e. The molecule has 1 fully saturated rings. The Morgan fingerprint density at radius 3 is 2.33 bits per heavy atom. The lowest BCUT2D eigenvalue weighted by Gasteiger charge is -2.16. The number of nitrogens with one attached hydrogen (secondary N) is 2. The van der Waals surface area contributed by atoms with Crippen LogP contribution >= 0.6 is 0 Å². The third-order valence-corrected chi connectivity index (χ3v) is 5.05. The minimum atomic E-state index is -0.353. The van der Waals surface area contributed by atoms with Crippen LogP contribution in [0.15, 0.2) is 48.5 Å². The van der Waals surface area contributed by atoms with E-state index in [0.29, 0.717) is 35.6 Å². The molecule has 3 amide bonds. The molecule has 0 bridgehead atoms. The third kappa shape index (κ3) is 5.23. The number of nitrogens with zero attached hydrogens (tertiary/aromatic N) is 2. The van der Waals surface area contributed by atoms with E-state index < -0.39 is 0 Å². The van der Waals surface area contributed by atoms with Gasteiger partial charge in [0.1, 0.15) is 0 Å². The molecule has 0 radical (unpaired) electrons. The third-order valence-electron chi connectivity index (χ3n) is 5.05. The summed E-state index contributed by atoms with van der Waals surface area (Å²) in [7, 11) is 0. The summed E-state index contributed by atoms with van der Waals surface area (Å²) in [5.74, 6) is -0.796. The highest BCUT2D eigenvalue weighted by molar-refractivity contribution is 6.05. The Kier molecular flexibility index (Phi) is 6.81. The van der Waals surface area contributed by atoms with E-state index in [0.717, 1.165) is 12.8 Å². The van der Waals surface area contributed by atoms with Gasteiger partial charge in [-0.2, -0.15) is 5.26 Å². The highest BCUT2D eigenvalue weighted by atomic mass is 16.2. The molecule has 0 saturated carbocycles. The smallest absolute Gasteiger partial charge is 0.255 e. The van der Waals surface area contributed by atoms with E-state index in [2.05, 4.69) is 17.6 Å². The van der Waals surface area contributed by atoms with Gasteiger partial charge in [0, 0.05) is 36.4 Å². The number of carbonyl (C=O) groups excluding carboxylic acids is 3. The first kappa shape index (κ1) is 21.1. The van der Waals surface area contributed by atoms with Crippen LogP contribution < -0.4 is 10.6 Å². The normalized spacial score (nSPS) is 15.5. The lowest BCUT2D eigenvalue weighted by molar-refractivity contribution is -0.128. The molecule has 1 heterocycles. The molecule has 1 aliphatic heterocycles. The van der Waals surface area contributed by atoms with E-state index in [-0.39, 0.29) is 30.1 Å². The SMILES string of the molecule is CCCCN1C[C@H](C(=O)Nc2ccc(C(=O)Nc3ccc(C#N)cc3)cc2)CC1=O. The van der Waals surface area contributed by atoms with Crippen molar-refractivity contribution in [2.24, 2.45) is 5.92 Å². The molecule has 7 nitrogen and oxygen atoms in total. The Labute approximate surface area is 175 Å². The van der Waals surface area contributed by atoms with Crippen molar-refractivity contribution in [2.75, 3.05) is 23.7 Å². The zero-order valence-corrected chi connectivity index (χ0v) is 16.9. The summed E-state index contributed by atoms with van der Waals surface area (Å²) in [4.78, 5) is 38.7. The van der Waals surface area contributed by atoms with E-state index in [1.165, 1.54) is 0 Å². The second-order valence-electron chi connectivity index (χ2n) is 7.30. The molecule has 30 heavy (non-hydrogen) atoms. The van der Waals surface area contributed by atoms with Crippen LogP contribution in [0.3, 0.4) is 0 Å². The number of hydrogen-bond acceptors (Lipinski definition) is 4. The van der Waals surface area contributed by atoms with E-state index in [1.807, 2.05) is 6.07 Å². The van der Waals surface area contributed by atoms with E-state index >= 15 is 0 Å². The summed E-state index contributed by atoms with van der Waals surface area (Å²) in [6.07, 6.45) is 2.18. The van der Waals surface area contributed by atoms with Crippen LogP contribution in [0.1, 0.15) is 42.1 Å². The number of amides is 3. The number of likely N-dealkylation sites (tertiary alicyclic amines) is 1. The summed E-state index contributed by atoms with van der Waals surface area (Å²) >= 11 is 0. The number of carbonyl (C=O) groups is 3. The topological polar surface area (TPSA) is 102 Å².